The molecule has 2 aromatic carbocycles. The SMILES string of the molecule is O=c1c(C=Nc2ccc(OC(F)(F)F)cc2)c(Sc2nnnn2-c2ccccc2)nc2ccccn12. The third-order valence-corrected chi connectivity index (χ3v) is 5.72. The van der Waals surface area contributed by atoms with E-state index in [-0.39, 0.29) is 16.9 Å². The molecule has 36 heavy (non-hydrogen) atoms. The third kappa shape index (κ3) is 5.10. The Morgan fingerprint density at radius 1 is 0.972 bits per heavy atom. The first kappa shape index (κ1) is 23.2. The minimum atomic E-state index is -4.79. The van der Waals surface area contributed by atoms with Crippen LogP contribution >= 0.6 is 11.8 Å². The molecule has 0 aliphatic rings. The van der Waals surface area contributed by atoms with E-state index in [0.717, 1.165) is 29.6 Å². The van der Waals surface area contributed by atoms with E-state index in [1.54, 1.807) is 24.4 Å². The minimum Gasteiger partial charge on any atom is -0.406 e. The maximum Gasteiger partial charge on any atom is 0.573 e. The molecule has 3 aromatic heterocycles. The van der Waals surface area contributed by atoms with Gasteiger partial charge < -0.3 is 4.74 Å². The topological polar surface area (TPSA) is 99.6 Å². The van der Waals surface area contributed by atoms with Crippen LogP contribution in [0.5, 0.6) is 5.75 Å². The van der Waals surface area contributed by atoms with Gasteiger partial charge in [0, 0.05) is 12.4 Å². The van der Waals surface area contributed by atoms with Crippen LogP contribution in [0.25, 0.3) is 11.3 Å². The van der Waals surface area contributed by atoms with Gasteiger partial charge in [-0.3, -0.25) is 14.2 Å². The molecule has 0 radical (unpaired) electrons. The van der Waals surface area contributed by atoms with Crippen molar-refractivity contribution in [3.05, 3.63) is 94.9 Å². The Balaban J connectivity index is 1.53. The number of alkyl halides is 3. The molecule has 0 saturated heterocycles. The number of rotatable bonds is 6. The fourth-order valence-electron chi connectivity index (χ4n) is 3.20. The maximum atomic E-state index is 13.3. The average molecular weight is 509 g/mol. The maximum absolute atomic E-state index is 13.3. The lowest BCUT2D eigenvalue weighted by Gasteiger charge is -2.09. The van der Waals surface area contributed by atoms with Crippen molar-refractivity contribution >= 4 is 29.3 Å². The van der Waals surface area contributed by atoms with Crippen LogP contribution in [0.15, 0.2) is 99.0 Å². The first-order valence-corrected chi connectivity index (χ1v) is 11.1. The first-order valence-electron chi connectivity index (χ1n) is 10.3. The Kier molecular flexibility index (Phi) is 6.21. The summed E-state index contributed by atoms with van der Waals surface area (Å²) < 4.78 is 44.0. The van der Waals surface area contributed by atoms with Crippen molar-refractivity contribution in [2.75, 3.05) is 0 Å². The molecule has 0 amide bonds. The van der Waals surface area contributed by atoms with Crippen LogP contribution in [0.4, 0.5) is 18.9 Å². The number of para-hydroxylation sites is 1. The third-order valence-electron chi connectivity index (χ3n) is 4.78. The second-order valence-electron chi connectivity index (χ2n) is 7.18. The molecule has 9 nitrogen and oxygen atoms in total. The summed E-state index contributed by atoms with van der Waals surface area (Å²) in [5.41, 5.74) is 1.21. The summed E-state index contributed by atoms with van der Waals surface area (Å²) in [7, 11) is 0. The number of nitrogens with zero attached hydrogens (tertiary/aromatic N) is 7. The zero-order chi connectivity index (χ0) is 25.1. The molecule has 3 heterocycles. The highest BCUT2D eigenvalue weighted by atomic mass is 32.2. The van der Waals surface area contributed by atoms with Crippen LogP contribution in [0.3, 0.4) is 0 Å². The monoisotopic (exact) mass is 509 g/mol. The van der Waals surface area contributed by atoms with Crippen molar-refractivity contribution in [2.45, 2.75) is 16.5 Å². The van der Waals surface area contributed by atoms with Crippen LogP contribution in [0, 0.1) is 0 Å². The summed E-state index contributed by atoms with van der Waals surface area (Å²) in [6.45, 7) is 0. The van der Waals surface area contributed by atoms with Gasteiger partial charge in [0.25, 0.3) is 5.56 Å². The van der Waals surface area contributed by atoms with Crippen molar-refractivity contribution in [3.63, 3.8) is 0 Å². The Hall–Kier alpha value is -4.52. The smallest absolute Gasteiger partial charge is 0.406 e. The molecular weight excluding hydrogens is 495 g/mol. The van der Waals surface area contributed by atoms with Crippen molar-refractivity contribution in [1.82, 2.24) is 29.6 Å². The second kappa shape index (κ2) is 9.62. The molecular formula is C23H14F3N7O2S. The molecule has 5 rings (SSSR count). The fraction of sp³-hybridized carbons (Fsp3) is 0.0435. The van der Waals surface area contributed by atoms with E-state index in [2.05, 4.69) is 30.2 Å². The first-order chi connectivity index (χ1) is 17.4. The molecule has 0 N–H and O–H groups in total. The molecule has 0 unspecified atom stereocenters. The average Bonchev–Trinajstić information content (AvgIpc) is 3.32. The predicted octanol–water partition coefficient (Wildman–Crippen LogP) is 4.47. The molecule has 0 bridgehead atoms. The van der Waals surface area contributed by atoms with E-state index in [1.807, 2.05) is 30.3 Å². The zero-order valence-corrected chi connectivity index (χ0v) is 18.9. The van der Waals surface area contributed by atoms with E-state index in [0.29, 0.717) is 21.5 Å². The number of tetrazole rings is 1. The second-order valence-corrected chi connectivity index (χ2v) is 8.13. The van der Waals surface area contributed by atoms with Crippen LogP contribution in [0.2, 0.25) is 0 Å². The van der Waals surface area contributed by atoms with Crippen LogP contribution < -0.4 is 10.3 Å². The van der Waals surface area contributed by atoms with Crippen molar-refractivity contribution in [2.24, 2.45) is 4.99 Å². The Morgan fingerprint density at radius 2 is 1.72 bits per heavy atom. The molecule has 0 spiro atoms. The number of aliphatic imine (C=N–C) groups is 1. The highest BCUT2D eigenvalue weighted by molar-refractivity contribution is 7.99. The van der Waals surface area contributed by atoms with Gasteiger partial charge in [-0.1, -0.05) is 24.3 Å². The number of pyridine rings is 1. The van der Waals surface area contributed by atoms with Gasteiger partial charge in [-0.05, 0) is 70.7 Å². The van der Waals surface area contributed by atoms with E-state index >= 15 is 0 Å². The predicted molar refractivity (Wildman–Crippen MR) is 125 cm³/mol. The lowest BCUT2D eigenvalue weighted by Crippen LogP contribution is -2.20. The highest BCUT2D eigenvalue weighted by Gasteiger charge is 2.31. The molecule has 0 atom stereocenters. The highest BCUT2D eigenvalue weighted by Crippen LogP contribution is 2.28. The summed E-state index contributed by atoms with van der Waals surface area (Å²) in [5, 5.41) is 12.5. The molecule has 5 aromatic rings. The molecule has 0 fully saturated rings. The van der Waals surface area contributed by atoms with Gasteiger partial charge in [-0.2, -0.15) is 4.68 Å². The van der Waals surface area contributed by atoms with E-state index in [1.165, 1.54) is 27.4 Å². The van der Waals surface area contributed by atoms with Gasteiger partial charge in [-0.15, -0.1) is 18.3 Å². The van der Waals surface area contributed by atoms with Gasteiger partial charge >= 0.3 is 6.36 Å². The van der Waals surface area contributed by atoms with Gasteiger partial charge in [0.15, 0.2) is 0 Å². The molecule has 0 aliphatic carbocycles. The van der Waals surface area contributed by atoms with Crippen LogP contribution in [0.1, 0.15) is 5.56 Å². The number of hydrogen-bond acceptors (Lipinski definition) is 8. The summed E-state index contributed by atoms with van der Waals surface area (Å²) in [4.78, 5) is 22.1. The molecule has 0 aliphatic heterocycles. The fourth-order valence-corrected chi connectivity index (χ4v) is 4.07. The molecule has 0 saturated carbocycles. The number of hydrogen-bond donors (Lipinski definition) is 0. The lowest BCUT2D eigenvalue weighted by atomic mass is 10.3. The van der Waals surface area contributed by atoms with E-state index in [9.17, 15) is 18.0 Å². The Morgan fingerprint density at radius 3 is 2.47 bits per heavy atom. The lowest BCUT2D eigenvalue weighted by molar-refractivity contribution is -0.274. The van der Waals surface area contributed by atoms with Crippen molar-refractivity contribution in [3.8, 4) is 11.4 Å². The van der Waals surface area contributed by atoms with Crippen LogP contribution in [-0.2, 0) is 0 Å². The largest absolute Gasteiger partial charge is 0.573 e. The summed E-state index contributed by atoms with van der Waals surface area (Å²) in [6, 6.07) is 19.3. The van der Waals surface area contributed by atoms with Crippen LogP contribution in [-0.4, -0.2) is 42.2 Å². The number of halogens is 3. The molecule has 180 valence electrons. The van der Waals surface area contributed by atoms with Gasteiger partial charge in [0.1, 0.15) is 16.4 Å². The number of fused-ring (bicyclic) bond motifs is 1. The van der Waals surface area contributed by atoms with E-state index < -0.39 is 6.36 Å². The van der Waals surface area contributed by atoms with E-state index in [4.69, 9.17) is 0 Å². The van der Waals surface area contributed by atoms with Gasteiger partial charge in [0.05, 0.1) is 16.9 Å². The summed E-state index contributed by atoms with van der Waals surface area (Å²) in [6.07, 6.45) is -1.90. The number of aromatic nitrogens is 6. The Labute approximate surface area is 204 Å². The summed E-state index contributed by atoms with van der Waals surface area (Å²) in [5.74, 6) is -0.377. The zero-order valence-electron chi connectivity index (χ0n) is 18.1. The quantitative estimate of drug-likeness (QED) is 0.246. The number of ether oxygens (including phenoxy) is 1. The van der Waals surface area contributed by atoms with Crippen molar-refractivity contribution in [1.29, 1.82) is 0 Å². The minimum absolute atomic E-state index is 0.155. The van der Waals surface area contributed by atoms with Gasteiger partial charge in [0.2, 0.25) is 5.16 Å². The number of benzene rings is 2. The standard InChI is InChI=1S/C23H14F3N7O2S/c24-23(25,26)35-17-11-9-15(10-12-17)27-14-18-20(28-19-8-4-5-13-32(19)21(18)34)36-22-29-30-31-33(22)16-6-2-1-3-7-16/h1-14H. The summed E-state index contributed by atoms with van der Waals surface area (Å²) >= 11 is 1.08. The van der Waals surface area contributed by atoms with Gasteiger partial charge in [-0.25, -0.2) is 4.98 Å². The van der Waals surface area contributed by atoms with Crippen molar-refractivity contribution < 1.29 is 17.9 Å². The normalized spacial score (nSPS) is 11.9. The Bertz CT molecular complexity index is 1600. The molecule has 13 heteroatoms.